The zero-order chi connectivity index (χ0) is 20.8. The van der Waals surface area contributed by atoms with Crippen molar-refractivity contribution >= 4 is 16.9 Å². The van der Waals surface area contributed by atoms with E-state index >= 15 is 0 Å². The predicted octanol–water partition coefficient (Wildman–Crippen LogP) is 5.17. The van der Waals surface area contributed by atoms with Crippen LogP contribution in [0.4, 0.5) is 0 Å². The molecule has 2 aliphatic heterocycles. The third-order valence-electron chi connectivity index (χ3n) is 6.31. The highest BCUT2D eigenvalue weighted by Gasteiger charge is 2.46. The molecule has 1 saturated heterocycles. The van der Waals surface area contributed by atoms with Crippen LogP contribution in [0.15, 0.2) is 53.8 Å². The molecule has 3 atom stereocenters. The summed E-state index contributed by atoms with van der Waals surface area (Å²) in [7, 11) is 0. The van der Waals surface area contributed by atoms with Gasteiger partial charge in [0.2, 0.25) is 0 Å². The molecule has 3 aromatic rings. The quantitative estimate of drug-likeness (QED) is 0.587. The molecule has 3 aromatic heterocycles. The second-order valence-electron chi connectivity index (χ2n) is 8.14. The van der Waals surface area contributed by atoms with Gasteiger partial charge in [0, 0.05) is 35.6 Å². The Balaban J connectivity index is 1.66. The molecular weight excluding hydrogens is 390 g/mol. The molecule has 5 rings (SSSR count). The van der Waals surface area contributed by atoms with E-state index in [0.717, 1.165) is 23.7 Å². The minimum Gasteiger partial charge on any atom is -0.338 e. The van der Waals surface area contributed by atoms with E-state index < -0.39 is 0 Å². The van der Waals surface area contributed by atoms with Gasteiger partial charge in [-0.15, -0.1) is 0 Å². The van der Waals surface area contributed by atoms with E-state index in [2.05, 4.69) is 71.4 Å². The molecule has 0 amide bonds. The molecule has 2 aliphatic rings. The monoisotopic (exact) mass is 417 g/mol. The van der Waals surface area contributed by atoms with Gasteiger partial charge in [-0.25, -0.2) is 4.98 Å². The highest BCUT2D eigenvalue weighted by Crippen LogP contribution is 2.49. The van der Waals surface area contributed by atoms with Gasteiger partial charge in [-0.05, 0) is 62.6 Å². The Morgan fingerprint density at radius 3 is 2.63 bits per heavy atom. The maximum Gasteiger partial charge on any atom is 0.160 e. The Morgan fingerprint density at radius 2 is 1.90 bits per heavy atom. The van der Waals surface area contributed by atoms with Crippen LogP contribution < -0.4 is 0 Å². The van der Waals surface area contributed by atoms with E-state index in [4.69, 9.17) is 4.99 Å². The average molecular weight is 418 g/mol. The third kappa shape index (κ3) is 2.97. The van der Waals surface area contributed by atoms with Crippen LogP contribution in [0.1, 0.15) is 53.6 Å². The van der Waals surface area contributed by atoms with Crippen molar-refractivity contribution in [2.75, 3.05) is 5.75 Å². The van der Waals surface area contributed by atoms with Crippen molar-refractivity contribution in [2.24, 2.45) is 4.99 Å². The Morgan fingerprint density at radius 1 is 1.07 bits per heavy atom. The lowest BCUT2D eigenvalue weighted by molar-refractivity contribution is 0.254. The molecule has 5 nitrogen and oxygen atoms in total. The van der Waals surface area contributed by atoms with Crippen molar-refractivity contribution in [1.82, 2.24) is 19.4 Å². The summed E-state index contributed by atoms with van der Waals surface area (Å²) in [4.78, 5) is 17.1. The van der Waals surface area contributed by atoms with Gasteiger partial charge in [0.25, 0.3) is 0 Å². The lowest BCUT2D eigenvalue weighted by Crippen LogP contribution is -2.35. The summed E-state index contributed by atoms with van der Waals surface area (Å²) < 4.78 is 2.29. The first-order valence-corrected chi connectivity index (χ1v) is 11.6. The molecule has 154 valence electrons. The molecule has 0 unspecified atom stereocenters. The Labute approximate surface area is 182 Å². The number of hydrogen-bond acceptors (Lipinski definition) is 5. The summed E-state index contributed by atoms with van der Waals surface area (Å²) in [6.45, 7) is 8.79. The fraction of sp³-hybridized carbons (Fsp3) is 0.375. The number of rotatable bonds is 4. The van der Waals surface area contributed by atoms with E-state index in [-0.39, 0.29) is 12.1 Å². The number of pyridine rings is 2. The zero-order valence-corrected chi connectivity index (χ0v) is 18.7. The number of amidine groups is 1. The molecule has 30 heavy (non-hydrogen) atoms. The van der Waals surface area contributed by atoms with Crippen LogP contribution in [-0.4, -0.2) is 36.4 Å². The molecule has 0 saturated carbocycles. The van der Waals surface area contributed by atoms with Gasteiger partial charge in [-0.3, -0.25) is 9.98 Å². The van der Waals surface area contributed by atoms with Crippen molar-refractivity contribution in [2.45, 2.75) is 52.2 Å². The standard InChI is InChI=1S/C24H27N5S/c1-5-18-14-30-24-27-21(20-10-6-7-11-25-20)22(29(18)24)19-13-16(3)28(17(19)4)23-15(2)9-8-12-26-23/h6-13,18,21-22H,5,14H2,1-4H3/t18-,21+,22+/m1/s1. The summed E-state index contributed by atoms with van der Waals surface area (Å²) in [5.74, 6) is 2.12. The minimum absolute atomic E-state index is 0.0156. The van der Waals surface area contributed by atoms with Gasteiger partial charge in [0.1, 0.15) is 11.9 Å². The normalized spacial score (nSPS) is 23.0. The molecule has 1 fully saturated rings. The number of aromatic nitrogens is 3. The zero-order valence-electron chi connectivity index (χ0n) is 17.9. The lowest BCUT2D eigenvalue weighted by atomic mass is 9.95. The molecule has 0 aliphatic carbocycles. The predicted molar refractivity (Wildman–Crippen MR) is 123 cm³/mol. The van der Waals surface area contributed by atoms with Crippen molar-refractivity contribution in [3.8, 4) is 5.82 Å². The molecule has 0 spiro atoms. The molecule has 0 radical (unpaired) electrons. The molecule has 6 heteroatoms. The summed E-state index contributed by atoms with van der Waals surface area (Å²) in [5, 5.41) is 1.17. The van der Waals surface area contributed by atoms with Gasteiger partial charge in [-0.2, -0.15) is 0 Å². The number of nitrogens with zero attached hydrogens (tertiary/aromatic N) is 5. The van der Waals surface area contributed by atoms with E-state index in [9.17, 15) is 0 Å². The second kappa shape index (κ2) is 7.58. The first-order chi connectivity index (χ1) is 14.6. The van der Waals surface area contributed by atoms with Crippen LogP contribution in [0.25, 0.3) is 5.82 Å². The second-order valence-corrected chi connectivity index (χ2v) is 9.13. The largest absolute Gasteiger partial charge is 0.338 e. The highest BCUT2D eigenvalue weighted by molar-refractivity contribution is 8.14. The molecule has 0 N–H and O–H groups in total. The first-order valence-electron chi connectivity index (χ1n) is 10.6. The maximum atomic E-state index is 5.16. The van der Waals surface area contributed by atoms with E-state index in [1.54, 1.807) is 0 Å². The smallest absolute Gasteiger partial charge is 0.160 e. The number of fused-ring (bicyclic) bond motifs is 1. The van der Waals surface area contributed by atoms with Crippen molar-refractivity contribution in [3.05, 3.63) is 77.0 Å². The Kier molecular flexibility index (Phi) is 4.89. The van der Waals surface area contributed by atoms with Gasteiger partial charge >= 0.3 is 0 Å². The topological polar surface area (TPSA) is 46.3 Å². The van der Waals surface area contributed by atoms with Gasteiger partial charge in [0.05, 0.1) is 11.7 Å². The van der Waals surface area contributed by atoms with E-state index in [1.165, 1.54) is 27.7 Å². The maximum absolute atomic E-state index is 5.16. The van der Waals surface area contributed by atoms with Gasteiger partial charge in [-0.1, -0.05) is 30.8 Å². The fourth-order valence-electron chi connectivity index (χ4n) is 4.81. The van der Waals surface area contributed by atoms with E-state index in [1.807, 2.05) is 36.3 Å². The number of thioether (sulfide) groups is 1. The lowest BCUT2D eigenvalue weighted by Gasteiger charge is -2.32. The van der Waals surface area contributed by atoms with Crippen molar-refractivity contribution in [1.29, 1.82) is 0 Å². The highest BCUT2D eigenvalue weighted by atomic mass is 32.2. The van der Waals surface area contributed by atoms with Crippen molar-refractivity contribution in [3.63, 3.8) is 0 Å². The van der Waals surface area contributed by atoms with Crippen LogP contribution in [0, 0.1) is 20.8 Å². The number of aliphatic imine (C=N–C) groups is 1. The third-order valence-corrected chi connectivity index (χ3v) is 7.44. The fourth-order valence-corrected chi connectivity index (χ4v) is 6.15. The molecule has 0 bridgehead atoms. The number of hydrogen-bond donors (Lipinski definition) is 0. The summed E-state index contributed by atoms with van der Waals surface area (Å²) in [6.07, 6.45) is 4.87. The molecule has 5 heterocycles. The summed E-state index contributed by atoms with van der Waals surface area (Å²) in [5.41, 5.74) is 5.99. The summed E-state index contributed by atoms with van der Waals surface area (Å²) >= 11 is 1.89. The molecular formula is C24H27N5S. The minimum atomic E-state index is 0.0156. The van der Waals surface area contributed by atoms with Crippen LogP contribution in [0.2, 0.25) is 0 Å². The van der Waals surface area contributed by atoms with Crippen molar-refractivity contribution < 1.29 is 0 Å². The van der Waals surface area contributed by atoms with Crippen LogP contribution in [-0.2, 0) is 0 Å². The number of aryl methyl sites for hydroxylation is 2. The van der Waals surface area contributed by atoms with E-state index in [0.29, 0.717) is 6.04 Å². The summed E-state index contributed by atoms with van der Waals surface area (Å²) in [6, 6.07) is 13.3. The SMILES string of the molecule is CC[C@@H]1CSC2=N[C@@H](c3ccccn3)[C@H](c3cc(C)n(-c4ncccc4C)c3C)N21. The average Bonchev–Trinajstić information content (AvgIpc) is 3.41. The van der Waals surface area contributed by atoms with Crippen LogP contribution in [0.3, 0.4) is 0 Å². The molecule has 0 aromatic carbocycles. The van der Waals surface area contributed by atoms with Crippen LogP contribution in [0.5, 0.6) is 0 Å². The van der Waals surface area contributed by atoms with Gasteiger partial charge < -0.3 is 9.47 Å². The van der Waals surface area contributed by atoms with Crippen LogP contribution >= 0.6 is 11.8 Å². The van der Waals surface area contributed by atoms with Gasteiger partial charge in [0.15, 0.2) is 5.17 Å². The Hall–Kier alpha value is -2.60. The Bertz CT molecular complexity index is 1100. The first kappa shape index (κ1) is 19.4.